The quantitative estimate of drug-likeness (QED) is 0.662. The zero-order chi connectivity index (χ0) is 16.9. The maximum absolute atomic E-state index is 13.9. The SMILES string of the molecule is O=C(NCC(O)c1ccsc1)Nc1cc(-n2cccc2)ccc1F. The Morgan fingerprint density at radius 3 is 2.79 bits per heavy atom. The molecule has 2 heterocycles. The number of aliphatic hydroxyl groups is 1. The van der Waals surface area contributed by atoms with E-state index in [0.717, 1.165) is 11.3 Å². The van der Waals surface area contributed by atoms with E-state index in [0.29, 0.717) is 0 Å². The van der Waals surface area contributed by atoms with Crippen molar-refractivity contribution >= 4 is 23.1 Å². The number of aromatic nitrogens is 1. The minimum atomic E-state index is -0.793. The number of hydrogen-bond acceptors (Lipinski definition) is 3. The fraction of sp³-hybridized carbons (Fsp3) is 0.118. The Labute approximate surface area is 142 Å². The van der Waals surface area contributed by atoms with Gasteiger partial charge in [-0.05, 0) is 52.7 Å². The Kier molecular flexibility index (Phi) is 4.93. The summed E-state index contributed by atoms with van der Waals surface area (Å²) in [5, 5.41) is 18.6. The summed E-state index contributed by atoms with van der Waals surface area (Å²) in [6.45, 7) is 0.0431. The summed E-state index contributed by atoms with van der Waals surface area (Å²) in [5.74, 6) is -0.528. The molecule has 0 aliphatic carbocycles. The molecule has 2 amide bonds. The van der Waals surface area contributed by atoms with Crippen molar-refractivity contribution in [2.75, 3.05) is 11.9 Å². The van der Waals surface area contributed by atoms with Crippen LogP contribution in [0.15, 0.2) is 59.6 Å². The smallest absolute Gasteiger partial charge is 0.319 e. The van der Waals surface area contributed by atoms with Gasteiger partial charge in [-0.1, -0.05) is 0 Å². The third-order valence-electron chi connectivity index (χ3n) is 3.48. The van der Waals surface area contributed by atoms with Crippen LogP contribution in [0.3, 0.4) is 0 Å². The standard InChI is InChI=1S/C17H16FN3O2S/c18-14-4-3-13(21-6-1-2-7-21)9-15(14)20-17(23)19-10-16(22)12-5-8-24-11-12/h1-9,11,16,22H,10H2,(H2,19,20,23). The van der Waals surface area contributed by atoms with Crippen LogP contribution in [0.1, 0.15) is 11.7 Å². The minimum absolute atomic E-state index is 0.0431. The molecule has 0 bridgehead atoms. The highest BCUT2D eigenvalue weighted by Gasteiger charge is 2.12. The molecule has 1 unspecified atom stereocenters. The minimum Gasteiger partial charge on any atom is -0.387 e. The van der Waals surface area contributed by atoms with E-state index >= 15 is 0 Å². The predicted molar refractivity (Wildman–Crippen MR) is 92.0 cm³/mol. The van der Waals surface area contributed by atoms with Crippen LogP contribution in [-0.2, 0) is 0 Å². The van der Waals surface area contributed by atoms with Crippen LogP contribution >= 0.6 is 11.3 Å². The van der Waals surface area contributed by atoms with E-state index in [1.54, 1.807) is 18.2 Å². The Bertz CT molecular complexity index is 803. The lowest BCUT2D eigenvalue weighted by atomic mass is 10.2. The van der Waals surface area contributed by atoms with Crippen molar-refractivity contribution in [2.24, 2.45) is 0 Å². The third-order valence-corrected chi connectivity index (χ3v) is 4.19. The Morgan fingerprint density at radius 1 is 1.29 bits per heavy atom. The molecule has 7 heteroatoms. The number of halogens is 1. The number of benzene rings is 1. The van der Waals surface area contributed by atoms with Crippen LogP contribution in [0.2, 0.25) is 0 Å². The number of nitrogens with one attached hydrogen (secondary N) is 2. The monoisotopic (exact) mass is 345 g/mol. The van der Waals surface area contributed by atoms with Crippen LogP contribution < -0.4 is 10.6 Å². The molecular formula is C17H16FN3O2S. The molecule has 24 heavy (non-hydrogen) atoms. The molecule has 0 fully saturated rings. The fourth-order valence-electron chi connectivity index (χ4n) is 2.21. The summed E-state index contributed by atoms with van der Waals surface area (Å²) in [7, 11) is 0. The maximum Gasteiger partial charge on any atom is 0.319 e. The molecule has 0 spiro atoms. The summed E-state index contributed by atoms with van der Waals surface area (Å²) in [4.78, 5) is 11.9. The van der Waals surface area contributed by atoms with Crippen LogP contribution in [0, 0.1) is 5.82 Å². The van der Waals surface area contributed by atoms with Crippen molar-refractivity contribution < 1.29 is 14.3 Å². The van der Waals surface area contributed by atoms with Crippen LogP contribution in [0.5, 0.6) is 0 Å². The van der Waals surface area contributed by atoms with E-state index in [-0.39, 0.29) is 12.2 Å². The third kappa shape index (κ3) is 3.81. The normalized spacial score (nSPS) is 11.9. The zero-order valence-corrected chi connectivity index (χ0v) is 13.5. The van der Waals surface area contributed by atoms with Gasteiger partial charge in [-0.15, -0.1) is 0 Å². The molecule has 1 aromatic carbocycles. The van der Waals surface area contributed by atoms with Crippen LogP contribution in [-0.4, -0.2) is 22.2 Å². The second kappa shape index (κ2) is 7.29. The number of aliphatic hydroxyl groups excluding tert-OH is 1. The Balaban J connectivity index is 1.62. The molecule has 2 aromatic heterocycles. The molecular weight excluding hydrogens is 329 g/mol. The van der Waals surface area contributed by atoms with E-state index in [1.807, 2.05) is 39.9 Å². The molecule has 0 aliphatic heterocycles. The molecule has 3 N–H and O–H groups in total. The zero-order valence-electron chi connectivity index (χ0n) is 12.6. The maximum atomic E-state index is 13.9. The van der Waals surface area contributed by atoms with Gasteiger partial charge in [0.25, 0.3) is 0 Å². The van der Waals surface area contributed by atoms with Gasteiger partial charge in [0.05, 0.1) is 11.8 Å². The highest BCUT2D eigenvalue weighted by atomic mass is 32.1. The van der Waals surface area contributed by atoms with Gasteiger partial charge in [0, 0.05) is 24.6 Å². The molecule has 5 nitrogen and oxygen atoms in total. The van der Waals surface area contributed by atoms with Gasteiger partial charge in [0.1, 0.15) is 5.82 Å². The van der Waals surface area contributed by atoms with Gasteiger partial charge in [0.2, 0.25) is 0 Å². The number of carbonyl (C=O) groups excluding carboxylic acids is 1. The first-order valence-electron chi connectivity index (χ1n) is 7.31. The number of nitrogens with zero attached hydrogens (tertiary/aromatic N) is 1. The highest BCUT2D eigenvalue weighted by Crippen LogP contribution is 2.19. The topological polar surface area (TPSA) is 66.3 Å². The highest BCUT2D eigenvalue weighted by molar-refractivity contribution is 7.07. The van der Waals surface area contributed by atoms with E-state index < -0.39 is 18.0 Å². The first-order chi connectivity index (χ1) is 11.6. The number of hydrogen-bond donors (Lipinski definition) is 3. The van der Waals surface area contributed by atoms with Crippen molar-refractivity contribution in [1.82, 2.24) is 9.88 Å². The van der Waals surface area contributed by atoms with E-state index in [9.17, 15) is 14.3 Å². The number of rotatable bonds is 5. The van der Waals surface area contributed by atoms with E-state index in [2.05, 4.69) is 10.6 Å². The average molecular weight is 345 g/mol. The van der Waals surface area contributed by atoms with Gasteiger partial charge >= 0.3 is 6.03 Å². The fourth-order valence-corrected chi connectivity index (χ4v) is 2.92. The van der Waals surface area contributed by atoms with Gasteiger partial charge in [-0.25, -0.2) is 9.18 Å². The molecule has 0 aliphatic rings. The van der Waals surface area contributed by atoms with Gasteiger partial charge in [-0.3, -0.25) is 0 Å². The Morgan fingerprint density at radius 2 is 2.08 bits per heavy atom. The van der Waals surface area contributed by atoms with E-state index in [1.165, 1.54) is 17.4 Å². The second-order valence-electron chi connectivity index (χ2n) is 5.16. The molecule has 3 rings (SSSR count). The van der Waals surface area contributed by atoms with E-state index in [4.69, 9.17) is 0 Å². The molecule has 0 saturated carbocycles. The number of anilines is 1. The van der Waals surface area contributed by atoms with Crippen molar-refractivity contribution in [3.63, 3.8) is 0 Å². The summed E-state index contributed by atoms with van der Waals surface area (Å²) in [6.07, 6.45) is 2.86. The predicted octanol–water partition coefficient (Wildman–Crippen LogP) is 3.53. The molecule has 0 saturated heterocycles. The second-order valence-corrected chi connectivity index (χ2v) is 5.94. The molecule has 124 valence electrons. The first-order valence-corrected chi connectivity index (χ1v) is 8.25. The summed E-state index contributed by atoms with van der Waals surface area (Å²) in [6, 6.07) is 9.39. The lowest BCUT2D eigenvalue weighted by molar-refractivity contribution is 0.175. The van der Waals surface area contributed by atoms with Crippen molar-refractivity contribution in [2.45, 2.75) is 6.10 Å². The lowest BCUT2D eigenvalue weighted by Crippen LogP contribution is -2.32. The summed E-state index contributed by atoms with van der Waals surface area (Å²) < 4.78 is 15.7. The van der Waals surface area contributed by atoms with Crippen molar-refractivity contribution in [3.05, 3.63) is 70.9 Å². The van der Waals surface area contributed by atoms with Crippen molar-refractivity contribution in [3.8, 4) is 5.69 Å². The number of carbonyl (C=O) groups is 1. The van der Waals surface area contributed by atoms with Crippen molar-refractivity contribution in [1.29, 1.82) is 0 Å². The molecule has 0 radical (unpaired) electrons. The Hall–Kier alpha value is -2.64. The number of thiophene rings is 1. The lowest BCUT2D eigenvalue weighted by Gasteiger charge is -2.13. The average Bonchev–Trinajstić information content (AvgIpc) is 3.28. The van der Waals surface area contributed by atoms with Crippen LogP contribution in [0.4, 0.5) is 14.9 Å². The summed E-state index contributed by atoms with van der Waals surface area (Å²) in [5.41, 5.74) is 1.54. The van der Waals surface area contributed by atoms with Gasteiger partial charge < -0.3 is 20.3 Å². The number of urea groups is 1. The number of amides is 2. The molecule has 3 aromatic rings. The largest absolute Gasteiger partial charge is 0.387 e. The van der Waals surface area contributed by atoms with Gasteiger partial charge in [0.15, 0.2) is 0 Å². The molecule has 1 atom stereocenters. The first kappa shape index (κ1) is 16.2. The van der Waals surface area contributed by atoms with Crippen LogP contribution in [0.25, 0.3) is 5.69 Å². The van der Waals surface area contributed by atoms with Gasteiger partial charge in [-0.2, -0.15) is 11.3 Å². The summed E-state index contributed by atoms with van der Waals surface area (Å²) >= 11 is 1.47.